The summed E-state index contributed by atoms with van der Waals surface area (Å²) in [6.07, 6.45) is 1.97. The Morgan fingerprint density at radius 1 is 1.09 bits per heavy atom. The molecule has 0 N–H and O–H groups in total. The fourth-order valence-electron chi connectivity index (χ4n) is 3.24. The van der Waals surface area contributed by atoms with E-state index in [4.69, 9.17) is 21.1 Å². The highest BCUT2D eigenvalue weighted by Gasteiger charge is 2.31. The van der Waals surface area contributed by atoms with E-state index in [1.165, 1.54) is 0 Å². The Hall–Kier alpha value is -2.20. The number of hydrogen-bond acceptors (Lipinski definition) is 3. The molecule has 2 aromatic rings. The summed E-state index contributed by atoms with van der Waals surface area (Å²) < 4.78 is 10.7. The Labute approximate surface area is 139 Å². The van der Waals surface area contributed by atoms with Gasteiger partial charge in [0.1, 0.15) is 0 Å². The average Bonchev–Trinajstić information content (AvgIpc) is 3.23. The summed E-state index contributed by atoms with van der Waals surface area (Å²) in [4.78, 5) is 14.8. The maximum Gasteiger partial charge on any atom is 0.254 e. The lowest BCUT2D eigenvalue weighted by molar-refractivity contribution is 0.0735. The molecule has 0 aliphatic carbocycles. The Bertz CT molecular complexity index is 744. The zero-order chi connectivity index (χ0) is 15.8. The molecule has 4 nitrogen and oxygen atoms in total. The number of benzene rings is 2. The van der Waals surface area contributed by atoms with Crippen LogP contribution in [0.3, 0.4) is 0 Å². The molecular formula is C18H16ClNO3. The molecule has 1 unspecified atom stereocenters. The number of carbonyl (C=O) groups is 1. The van der Waals surface area contributed by atoms with Crippen molar-refractivity contribution in [3.63, 3.8) is 0 Å². The van der Waals surface area contributed by atoms with Crippen LogP contribution in [0.4, 0.5) is 0 Å². The predicted octanol–water partition coefficient (Wildman–Crippen LogP) is 4.05. The highest BCUT2D eigenvalue weighted by Crippen LogP contribution is 2.36. The van der Waals surface area contributed by atoms with Gasteiger partial charge in [-0.1, -0.05) is 23.7 Å². The Balaban J connectivity index is 1.60. The van der Waals surface area contributed by atoms with Crippen molar-refractivity contribution in [3.8, 4) is 11.5 Å². The van der Waals surface area contributed by atoms with Crippen LogP contribution >= 0.6 is 11.6 Å². The van der Waals surface area contributed by atoms with Gasteiger partial charge in [-0.05, 0) is 48.7 Å². The SMILES string of the molecule is O=C(c1ccc2c(c1)OCO2)N1CCCC1c1ccc(Cl)cc1. The fraction of sp³-hybridized carbons (Fsp3) is 0.278. The van der Waals surface area contributed by atoms with E-state index in [9.17, 15) is 4.79 Å². The number of nitrogens with zero attached hydrogens (tertiary/aromatic N) is 1. The number of halogens is 1. The van der Waals surface area contributed by atoms with Gasteiger partial charge >= 0.3 is 0 Å². The highest BCUT2D eigenvalue weighted by molar-refractivity contribution is 6.30. The maximum absolute atomic E-state index is 12.9. The molecule has 0 spiro atoms. The van der Waals surface area contributed by atoms with E-state index in [1.54, 1.807) is 18.2 Å². The van der Waals surface area contributed by atoms with Gasteiger partial charge in [-0.3, -0.25) is 4.79 Å². The summed E-state index contributed by atoms with van der Waals surface area (Å²) in [5.41, 5.74) is 1.76. The van der Waals surface area contributed by atoms with Crippen molar-refractivity contribution in [2.45, 2.75) is 18.9 Å². The van der Waals surface area contributed by atoms with Gasteiger partial charge < -0.3 is 14.4 Å². The molecule has 1 atom stereocenters. The summed E-state index contributed by atoms with van der Waals surface area (Å²) in [7, 11) is 0. The van der Waals surface area contributed by atoms with Crippen LogP contribution in [-0.2, 0) is 0 Å². The molecule has 4 rings (SSSR count). The van der Waals surface area contributed by atoms with Crippen LogP contribution in [0.25, 0.3) is 0 Å². The Morgan fingerprint density at radius 3 is 2.70 bits per heavy atom. The van der Waals surface area contributed by atoms with E-state index in [1.807, 2.05) is 29.2 Å². The lowest BCUT2D eigenvalue weighted by atomic mass is 10.0. The second-order valence-corrected chi connectivity index (χ2v) is 6.21. The van der Waals surface area contributed by atoms with Crippen LogP contribution in [0.5, 0.6) is 11.5 Å². The van der Waals surface area contributed by atoms with Crippen LogP contribution in [-0.4, -0.2) is 24.1 Å². The lowest BCUT2D eigenvalue weighted by Gasteiger charge is -2.25. The van der Waals surface area contributed by atoms with Gasteiger partial charge in [-0.15, -0.1) is 0 Å². The maximum atomic E-state index is 12.9. The first-order valence-electron chi connectivity index (χ1n) is 7.68. The first-order valence-corrected chi connectivity index (χ1v) is 8.06. The topological polar surface area (TPSA) is 38.8 Å². The highest BCUT2D eigenvalue weighted by atomic mass is 35.5. The molecule has 23 heavy (non-hydrogen) atoms. The predicted molar refractivity (Wildman–Crippen MR) is 87.0 cm³/mol. The zero-order valence-corrected chi connectivity index (χ0v) is 13.3. The van der Waals surface area contributed by atoms with E-state index in [0.29, 0.717) is 22.1 Å². The fourth-order valence-corrected chi connectivity index (χ4v) is 3.36. The van der Waals surface area contributed by atoms with Gasteiger partial charge in [-0.25, -0.2) is 0 Å². The summed E-state index contributed by atoms with van der Waals surface area (Å²) >= 11 is 5.96. The molecule has 118 valence electrons. The van der Waals surface area contributed by atoms with Crippen molar-refractivity contribution >= 4 is 17.5 Å². The number of amides is 1. The molecule has 2 aromatic carbocycles. The molecule has 1 saturated heterocycles. The van der Waals surface area contributed by atoms with Gasteiger partial charge in [0.25, 0.3) is 5.91 Å². The summed E-state index contributed by atoms with van der Waals surface area (Å²) in [6, 6.07) is 13.2. The van der Waals surface area contributed by atoms with Gasteiger partial charge in [0.2, 0.25) is 6.79 Å². The van der Waals surface area contributed by atoms with Crippen LogP contribution < -0.4 is 9.47 Å². The Morgan fingerprint density at radius 2 is 1.87 bits per heavy atom. The second kappa shape index (κ2) is 5.78. The third-order valence-corrected chi connectivity index (χ3v) is 4.64. The first-order chi connectivity index (χ1) is 11.2. The molecule has 0 bridgehead atoms. The van der Waals surface area contributed by atoms with Crippen molar-refractivity contribution in [2.24, 2.45) is 0 Å². The van der Waals surface area contributed by atoms with Crippen LogP contribution in [0, 0.1) is 0 Å². The third kappa shape index (κ3) is 2.63. The van der Waals surface area contributed by atoms with Gasteiger partial charge in [0.15, 0.2) is 11.5 Å². The summed E-state index contributed by atoms with van der Waals surface area (Å²) in [5, 5.41) is 0.709. The van der Waals surface area contributed by atoms with E-state index in [0.717, 1.165) is 24.9 Å². The first kappa shape index (κ1) is 14.4. The smallest absolute Gasteiger partial charge is 0.254 e. The minimum Gasteiger partial charge on any atom is -0.454 e. The normalized spacial score (nSPS) is 19.2. The van der Waals surface area contributed by atoms with Gasteiger partial charge in [0, 0.05) is 17.1 Å². The molecule has 2 aliphatic rings. The van der Waals surface area contributed by atoms with Crippen molar-refractivity contribution in [1.82, 2.24) is 4.90 Å². The standard InChI is InChI=1S/C18H16ClNO3/c19-14-6-3-12(4-7-14)15-2-1-9-20(15)18(21)13-5-8-16-17(10-13)23-11-22-16/h3-8,10,15H,1-2,9,11H2. The van der Waals surface area contributed by atoms with E-state index in [-0.39, 0.29) is 18.7 Å². The van der Waals surface area contributed by atoms with Crippen molar-refractivity contribution in [1.29, 1.82) is 0 Å². The molecule has 0 aromatic heterocycles. The van der Waals surface area contributed by atoms with E-state index >= 15 is 0 Å². The Kier molecular flexibility index (Phi) is 3.62. The molecule has 1 fully saturated rings. The number of hydrogen-bond donors (Lipinski definition) is 0. The van der Waals surface area contributed by atoms with Crippen LogP contribution in [0.15, 0.2) is 42.5 Å². The van der Waals surface area contributed by atoms with Gasteiger partial charge in [-0.2, -0.15) is 0 Å². The monoisotopic (exact) mass is 329 g/mol. The van der Waals surface area contributed by atoms with Crippen molar-refractivity contribution in [2.75, 3.05) is 13.3 Å². The number of rotatable bonds is 2. The average molecular weight is 330 g/mol. The lowest BCUT2D eigenvalue weighted by Crippen LogP contribution is -2.30. The molecule has 0 saturated carbocycles. The zero-order valence-electron chi connectivity index (χ0n) is 12.5. The van der Waals surface area contributed by atoms with E-state index < -0.39 is 0 Å². The molecule has 2 heterocycles. The van der Waals surface area contributed by atoms with Crippen molar-refractivity contribution in [3.05, 3.63) is 58.6 Å². The molecule has 1 amide bonds. The number of likely N-dealkylation sites (tertiary alicyclic amines) is 1. The number of fused-ring (bicyclic) bond motifs is 1. The molecule has 2 aliphatic heterocycles. The van der Waals surface area contributed by atoms with Crippen molar-refractivity contribution < 1.29 is 14.3 Å². The summed E-state index contributed by atoms with van der Waals surface area (Å²) in [6.45, 7) is 0.977. The number of ether oxygens (including phenoxy) is 2. The molecular weight excluding hydrogens is 314 g/mol. The largest absolute Gasteiger partial charge is 0.454 e. The minimum absolute atomic E-state index is 0.0285. The van der Waals surface area contributed by atoms with Crippen LogP contribution in [0.1, 0.15) is 34.8 Å². The van der Waals surface area contributed by atoms with Crippen LogP contribution in [0.2, 0.25) is 5.02 Å². The third-order valence-electron chi connectivity index (χ3n) is 4.39. The minimum atomic E-state index is 0.0285. The molecule has 0 radical (unpaired) electrons. The van der Waals surface area contributed by atoms with Gasteiger partial charge in [0.05, 0.1) is 6.04 Å². The quantitative estimate of drug-likeness (QED) is 0.834. The number of carbonyl (C=O) groups excluding carboxylic acids is 1. The summed E-state index contributed by atoms with van der Waals surface area (Å²) in [5.74, 6) is 1.36. The van der Waals surface area contributed by atoms with E-state index in [2.05, 4.69) is 0 Å². The second-order valence-electron chi connectivity index (χ2n) is 5.78. The molecule has 5 heteroatoms.